The highest BCUT2D eigenvalue weighted by Crippen LogP contribution is 2.19. The van der Waals surface area contributed by atoms with E-state index in [9.17, 15) is 4.79 Å². The summed E-state index contributed by atoms with van der Waals surface area (Å²) in [4.78, 5) is 26.0. The third-order valence-electron chi connectivity index (χ3n) is 5.09. The molecule has 3 aromatic rings. The van der Waals surface area contributed by atoms with Crippen LogP contribution in [0.25, 0.3) is 5.69 Å². The number of benzene rings is 1. The van der Waals surface area contributed by atoms with Crippen LogP contribution in [-0.4, -0.2) is 58.1 Å². The van der Waals surface area contributed by atoms with Gasteiger partial charge >= 0.3 is 0 Å². The number of rotatable bonds is 5. The van der Waals surface area contributed by atoms with Gasteiger partial charge in [0.15, 0.2) is 0 Å². The smallest absolute Gasteiger partial charge is 0.253 e. The first-order valence-corrected chi connectivity index (χ1v) is 10.0. The average Bonchev–Trinajstić information content (AvgIpc) is 3.28. The maximum Gasteiger partial charge on any atom is 0.253 e. The maximum absolute atomic E-state index is 12.9. The maximum atomic E-state index is 12.9. The van der Waals surface area contributed by atoms with Crippen molar-refractivity contribution in [3.8, 4) is 5.69 Å². The molecule has 0 bridgehead atoms. The Hall–Kier alpha value is -3.35. The fourth-order valence-electron chi connectivity index (χ4n) is 3.59. The summed E-state index contributed by atoms with van der Waals surface area (Å²) in [5.74, 6) is 2.59. The fraction of sp³-hybridized carbons (Fsp3) is 0.318. The number of amides is 1. The van der Waals surface area contributed by atoms with Gasteiger partial charge in [-0.3, -0.25) is 4.79 Å². The molecule has 1 saturated heterocycles. The number of nitrogens with zero attached hydrogens (tertiary/aromatic N) is 5. The summed E-state index contributed by atoms with van der Waals surface area (Å²) in [6, 6.07) is 13.7. The van der Waals surface area contributed by atoms with E-state index in [4.69, 9.17) is 0 Å². The molecule has 1 aromatic carbocycles. The minimum absolute atomic E-state index is 0.0795. The second-order valence-electron chi connectivity index (χ2n) is 7.11. The Balaban J connectivity index is 1.40. The van der Waals surface area contributed by atoms with E-state index in [1.807, 2.05) is 78.2 Å². The van der Waals surface area contributed by atoms with Crippen molar-refractivity contribution in [2.24, 2.45) is 0 Å². The number of aromatic nitrogens is 3. The summed E-state index contributed by atoms with van der Waals surface area (Å²) in [5, 5.41) is 3.25. The molecule has 7 nitrogen and oxygen atoms in total. The molecule has 29 heavy (non-hydrogen) atoms. The van der Waals surface area contributed by atoms with Crippen LogP contribution in [0.1, 0.15) is 23.1 Å². The van der Waals surface area contributed by atoms with Gasteiger partial charge in [0, 0.05) is 62.4 Å². The molecule has 0 spiro atoms. The first-order valence-electron chi connectivity index (χ1n) is 10.0. The van der Waals surface area contributed by atoms with Gasteiger partial charge in [0.05, 0.1) is 0 Å². The Morgan fingerprint density at radius 1 is 1.03 bits per heavy atom. The van der Waals surface area contributed by atoms with E-state index in [-0.39, 0.29) is 5.91 Å². The molecule has 7 heteroatoms. The van der Waals surface area contributed by atoms with Gasteiger partial charge in [-0.15, -0.1) is 0 Å². The van der Waals surface area contributed by atoms with Gasteiger partial charge in [-0.1, -0.05) is 0 Å². The second kappa shape index (κ2) is 8.34. The summed E-state index contributed by atoms with van der Waals surface area (Å²) >= 11 is 0. The van der Waals surface area contributed by atoms with Crippen LogP contribution in [0.3, 0.4) is 0 Å². The van der Waals surface area contributed by atoms with Crippen LogP contribution < -0.4 is 10.2 Å². The zero-order chi connectivity index (χ0) is 20.2. The molecular weight excluding hydrogens is 364 g/mol. The lowest BCUT2D eigenvalue weighted by Gasteiger charge is -2.35. The highest BCUT2D eigenvalue weighted by atomic mass is 16.2. The number of hydrogen-bond acceptors (Lipinski definition) is 5. The van der Waals surface area contributed by atoms with Gasteiger partial charge in [-0.25, -0.2) is 9.97 Å². The van der Waals surface area contributed by atoms with E-state index in [0.29, 0.717) is 13.1 Å². The van der Waals surface area contributed by atoms with Crippen molar-refractivity contribution in [3.05, 3.63) is 66.2 Å². The summed E-state index contributed by atoms with van der Waals surface area (Å²) < 4.78 is 2.03. The van der Waals surface area contributed by atoms with Crippen LogP contribution in [0.5, 0.6) is 0 Å². The molecule has 1 fully saturated rings. The number of carbonyl (C=O) groups is 1. The first-order chi connectivity index (χ1) is 14.1. The van der Waals surface area contributed by atoms with Crippen molar-refractivity contribution in [2.45, 2.75) is 13.8 Å². The molecule has 1 aliphatic heterocycles. The molecule has 0 aliphatic carbocycles. The summed E-state index contributed by atoms with van der Waals surface area (Å²) in [7, 11) is 0. The molecule has 0 unspecified atom stereocenters. The largest absolute Gasteiger partial charge is 0.370 e. The number of piperazine rings is 1. The molecule has 0 radical (unpaired) electrons. The van der Waals surface area contributed by atoms with Crippen LogP contribution in [0.4, 0.5) is 11.6 Å². The Morgan fingerprint density at radius 2 is 1.72 bits per heavy atom. The van der Waals surface area contributed by atoms with Crippen LogP contribution in [-0.2, 0) is 0 Å². The molecule has 0 atom stereocenters. The molecule has 3 heterocycles. The van der Waals surface area contributed by atoms with E-state index in [1.54, 1.807) is 0 Å². The van der Waals surface area contributed by atoms with E-state index in [0.717, 1.165) is 48.3 Å². The SMILES string of the molecule is CCNc1cc(N2CCN(C(=O)c3ccc(-n4cccc4)cc3)CC2)nc(C)n1. The van der Waals surface area contributed by atoms with Gasteiger partial charge in [-0.05, 0) is 50.2 Å². The lowest BCUT2D eigenvalue weighted by Crippen LogP contribution is -2.49. The normalized spacial score (nSPS) is 14.1. The molecule has 0 saturated carbocycles. The van der Waals surface area contributed by atoms with Gasteiger partial charge in [-0.2, -0.15) is 0 Å². The predicted molar refractivity (Wildman–Crippen MR) is 115 cm³/mol. The number of hydrogen-bond donors (Lipinski definition) is 1. The van der Waals surface area contributed by atoms with Crippen molar-refractivity contribution in [3.63, 3.8) is 0 Å². The first kappa shape index (κ1) is 19.0. The Bertz CT molecular complexity index is 959. The van der Waals surface area contributed by atoms with Crippen molar-refractivity contribution in [1.82, 2.24) is 19.4 Å². The van der Waals surface area contributed by atoms with E-state index >= 15 is 0 Å². The quantitative estimate of drug-likeness (QED) is 0.726. The average molecular weight is 390 g/mol. The summed E-state index contributed by atoms with van der Waals surface area (Å²) in [6.07, 6.45) is 3.98. The zero-order valence-corrected chi connectivity index (χ0v) is 16.9. The summed E-state index contributed by atoms with van der Waals surface area (Å²) in [6.45, 7) is 7.65. The van der Waals surface area contributed by atoms with E-state index in [2.05, 4.69) is 20.2 Å². The molecule has 1 N–H and O–H groups in total. The monoisotopic (exact) mass is 390 g/mol. The minimum Gasteiger partial charge on any atom is -0.370 e. The third kappa shape index (κ3) is 4.23. The number of aryl methyl sites for hydroxylation is 1. The molecule has 1 amide bonds. The zero-order valence-electron chi connectivity index (χ0n) is 16.9. The number of carbonyl (C=O) groups excluding carboxylic acids is 1. The lowest BCUT2D eigenvalue weighted by molar-refractivity contribution is 0.0746. The van der Waals surface area contributed by atoms with Crippen molar-refractivity contribution in [2.75, 3.05) is 42.9 Å². The van der Waals surface area contributed by atoms with Crippen LogP contribution in [0, 0.1) is 6.92 Å². The third-order valence-corrected chi connectivity index (χ3v) is 5.09. The minimum atomic E-state index is 0.0795. The van der Waals surface area contributed by atoms with Crippen LogP contribution in [0.2, 0.25) is 0 Å². The Kier molecular flexibility index (Phi) is 5.46. The standard InChI is InChI=1S/C22H26N6O/c1-3-23-20-16-21(25-17(2)24-20)27-12-14-28(15-13-27)22(29)18-6-8-19(9-7-18)26-10-4-5-11-26/h4-11,16H,3,12-15H2,1-2H3,(H,23,24,25). The highest BCUT2D eigenvalue weighted by Gasteiger charge is 2.23. The second-order valence-corrected chi connectivity index (χ2v) is 7.11. The summed E-state index contributed by atoms with van der Waals surface area (Å²) in [5.41, 5.74) is 1.77. The Morgan fingerprint density at radius 3 is 2.38 bits per heavy atom. The van der Waals surface area contributed by atoms with Gasteiger partial charge in [0.2, 0.25) is 0 Å². The van der Waals surface area contributed by atoms with E-state index in [1.165, 1.54) is 0 Å². The van der Waals surface area contributed by atoms with Crippen molar-refractivity contribution >= 4 is 17.5 Å². The molecule has 1 aliphatic rings. The molecule has 4 rings (SSSR count). The lowest BCUT2D eigenvalue weighted by atomic mass is 10.1. The van der Waals surface area contributed by atoms with Gasteiger partial charge in [0.25, 0.3) is 5.91 Å². The molecular formula is C22H26N6O. The van der Waals surface area contributed by atoms with Gasteiger partial charge < -0.3 is 19.7 Å². The van der Waals surface area contributed by atoms with Crippen LogP contribution >= 0.6 is 0 Å². The van der Waals surface area contributed by atoms with Gasteiger partial charge in [0.1, 0.15) is 17.5 Å². The highest BCUT2D eigenvalue weighted by molar-refractivity contribution is 5.94. The topological polar surface area (TPSA) is 66.3 Å². The van der Waals surface area contributed by atoms with E-state index < -0.39 is 0 Å². The molecule has 2 aromatic heterocycles. The van der Waals surface area contributed by atoms with Crippen LogP contribution in [0.15, 0.2) is 54.9 Å². The molecule has 150 valence electrons. The van der Waals surface area contributed by atoms with Crippen molar-refractivity contribution in [1.29, 1.82) is 0 Å². The fourth-order valence-corrected chi connectivity index (χ4v) is 3.59. The van der Waals surface area contributed by atoms with Crippen molar-refractivity contribution < 1.29 is 4.79 Å². The predicted octanol–water partition coefficient (Wildman–Crippen LogP) is 2.97. The number of nitrogens with one attached hydrogen (secondary N) is 1. The Labute approximate surface area is 171 Å². The number of anilines is 2.